The summed E-state index contributed by atoms with van der Waals surface area (Å²) in [5.41, 5.74) is 2.03. The average Bonchev–Trinajstić information content (AvgIpc) is 3.03. The number of carbonyl (C=O) groups is 1. The van der Waals surface area contributed by atoms with Gasteiger partial charge in [0, 0.05) is 23.1 Å². The highest BCUT2D eigenvalue weighted by Gasteiger charge is 2.36. The number of hydrogen-bond acceptors (Lipinski definition) is 6. The molecule has 0 spiro atoms. The number of benzene rings is 1. The zero-order chi connectivity index (χ0) is 15.7. The highest BCUT2D eigenvalue weighted by Crippen LogP contribution is 2.28. The maximum Gasteiger partial charge on any atom is 0.437 e. The number of aryl methyl sites for hydroxylation is 1. The van der Waals surface area contributed by atoms with E-state index >= 15 is 0 Å². The number of H-pyrrole nitrogens is 1. The Balaban J connectivity index is 2.01. The van der Waals surface area contributed by atoms with Gasteiger partial charge in [0.05, 0.1) is 0 Å². The van der Waals surface area contributed by atoms with Crippen LogP contribution in [0.4, 0.5) is 5.69 Å². The summed E-state index contributed by atoms with van der Waals surface area (Å²) in [5.74, 6) is -0.943. The number of thiazole rings is 1. The smallest absolute Gasteiger partial charge is 0.437 e. The Morgan fingerprint density at radius 1 is 1.45 bits per heavy atom. The highest BCUT2D eigenvalue weighted by atomic mass is 32.1. The van der Waals surface area contributed by atoms with Gasteiger partial charge in [-0.15, -0.1) is 11.3 Å². The van der Waals surface area contributed by atoms with Crippen molar-refractivity contribution in [1.29, 1.82) is 0 Å². The fraction of sp³-hybridized carbons (Fsp3) is 0.143. The van der Waals surface area contributed by atoms with E-state index < -0.39 is 5.97 Å². The summed E-state index contributed by atoms with van der Waals surface area (Å²) in [4.78, 5) is 19.4. The molecule has 3 rings (SSSR count). The second-order valence-electron chi connectivity index (χ2n) is 4.53. The minimum atomic E-state index is -0.613. The van der Waals surface area contributed by atoms with Crippen LogP contribution in [0.3, 0.4) is 0 Å². The van der Waals surface area contributed by atoms with Gasteiger partial charge < -0.3 is 10.1 Å². The van der Waals surface area contributed by atoms with Gasteiger partial charge in [0.15, 0.2) is 3.95 Å². The molecule has 0 radical (unpaired) electrons. The molecule has 2 heterocycles. The molecule has 1 aliphatic heterocycles. The van der Waals surface area contributed by atoms with Crippen LogP contribution in [0.25, 0.3) is 6.08 Å². The summed E-state index contributed by atoms with van der Waals surface area (Å²) in [6.07, 6.45) is 2.35. The minimum absolute atomic E-state index is 0.173. The third kappa shape index (κ3) is 2.70. The van der Waals surface area contributed by atoms with Crippen molar-refractivity contribution in [2.24, 2.45) is 5.28 Å². The zero-order valence-electron chi connectivity index (χ0n) is 11.5. The van der Waals surface area contributed by atoms with E-state index in [0.717, 1.165) is 17.8 Å². The predicted molar refractivity (Wildman–Crippen MR) is 81.2 cm³/mol. The minimum Gasteiger partial charge on any atom is -0.859 e. The van der Waals surface area contributed by atoms with Crippen LogP contribution in [0.2, 0.25) is 0 Å². The van der Waals surface area contributed by atoms with Crippen LogP contribution in [0.1, 0.15) is 17.4 Å². The van der Waals surface area contributed by atoms with Gasteiger partial charge in [-0.05, 0) is 34.8 Å². The van der Waals surface area contributed by atoms with Gasteiger partial charge in [0.2, 0.25) is 11.0 Å². The average molecular weight is 333 g/mol. The molecule has 0 saturated carbocycles. The number of hydrogen-bond donors (Lipinski definition) is 1. The first kappa shape index (κ1) is 14.6. The van der Waals surface area contributed by atoms with Crippen molar-refractivity contribution in [2.75, 3.05) is 0 Å². The molecule has 0 atom stereocenters. The monoisotopic (exact) mass is 333 g/mol. The van der Waals surface area contributed by atoms with E-state index in [-0.39, 0.29) is 11.6 Å². The van der Waals surface area contributed by atoms with Gasteiger partial charge in [0.1, 0.15) is 0 Å². The third-order valence-corrected chi connectivity index (χ3v) is 4.30. The van der Waals surface area contributed by atoms with Crippen molar-refractivity contribution in [1.82, 2.24) is 4.98 Å². The Labute approximate surface area is 135 Å². The quantitative estimate of drug-likeness (QED) is 0.532. The normalized spacial score (nSPS) is 16.0. The Kier molecular flexibility index (Phi) is 3.86. The lowest BCUT2D eigenvalue weighted by Crippen LogP contribution is -2.05. The maximum absolute atomic E-state index is 11.8. The fourth-order valence-corrected chi connectivity index (χ4v) is 3.00. The van der Waals surface area contributed by atoms with Crippen molar-refractivity contribution < 1.29 is 19.4 Å². The lowest BCUT2D eigenvalue weighted by molar-refractivity contribution is -0.462. The van der Waals surface area contributed by atoms with Crippen molar-refractivity contribution in [3.05, 3.63) is 44.4 Å². The number of aromatic amines is 1. The van der Waals surface area contributed by atoms with Gasteiger partial charge in [-0.1, -0.05) is 19.1 Å². The molecule has 0 aliphatic carbocycles. The van der Waals surface area contributed by atoms with Crippen LogP contribution in [0.15, 0.2) is 35.2 Å². The molecule has 1 aromatic heterocycles. The first-order chi connectivity index (χ1) is 10.6. The molecule has 1 aliphatic rings. The van der Waals surface area contributed by atoms with E-state index in [1.165, 1.54) is 16.3 Å². The van der Waals surface area contributed by atoms with Gasteiger partial charge in [-0.3, -0.25) is 4.84 Å². The highest BCUT2D eigenvalue weighted by molar-refractivity contribution is 7.73. The van der Waals surface area contributed by atoms with E-state index in [0.29, 0.717) is 14.5 Å². The summed E-state index contributed by atoms with van der Waals surface area (Å²) in [6, 6.07) is 7.58. The number of rotatable bonds is 3. The van der Waals surface area contributed by atoms with Crippen LogP contribution in [-0.4, -0.2) is 15.7 Å². The van der Waals surface area contributed by atoms with Crippen molar-refractivity contribution in [2.45, 2.75) is 13.3 Å². The van der Waals surface area contributed by atoms with Gasteiger partial charge in [-0.25, -0.2) is 4.79 Å². The fourth-order valence-electron chi connectivity index (χ4n) is 1.98. The topological polar surface area (TPSA) is 80.5 Å². The third-order valence-electron chi connectivity index (χ3n) is 3.14. The Bertz CT molecular complexity index is 847. The Hall–Kier alpha value is -2.32. The summed E-state index contributed by atoms with van der Waals surface area (Å²) < 4.78 is 1.73. The Morgan fingerprint density at radius 3 is 2.77 bits per heavy atom. The predicted octanol–water partition coefficient (Wildman–Crippen LogP) is 3.05. The standard InChI is InChI=1S/C14H11N3O3S2/c1-2-8-3-5-9(6-4-8)17-10(13(19)20-16-17)7-11-12(18)15-14(21)22-11/h3-7H,2H2,1H3,(H-,15,16,18,19,21). The van der Waals surface area contributed by atoms with Crippen LogP contribution in [0, 0.1) is 3.95 Å². The molecule has 0 bridgehead atoms. The number of nitrogens with zero attached hydrogens (tertiary/aromatic N) is 2. The second-order valence-corrected chi connectivity index (χ2v) is 6.25. The molecule has 0 fully saturated rings. The van der Waals surface area contributed by atoms with Gasteiger partial charge in [0.25, 0.3) is 0 Å². The maximum atomic E-state index is 11.8. The van der Waals surface area contributed by atoms with Gasteiger partial charge in [-0.2, -0.15) is 0 Å². The summed E-state index contributed by atoms with van der Waals surface area (Å²) in [5, 5.41) is 15.4. The SMILES string of the molecule is CCc1ccc([N+]2=NOC(=O)/C2=C\c2sc(=S)[nH]c2[O-])cc1. The molecular formula is C14H11N3O3S2. The molecule has 1 N–H and O–H groups in total. The van der Waals surface area contributed by atoms with E-state index in [1.807, 2.05) is 24.3 Å². The van der Waals surface area contributed by atoms with Crippen LogP contribution < -0.4 is 5.11 Å². The van der Waals surface area contributed by atoms with Crippen LogP contribution in [-0.2, 0) is 16.1 Å². The van der Waals surface area contributed by atoms with Gasteiger partial charge >= 0.3 is 11.7 Å². The van der Waals surface area contributed by atoms with Crippen LogP contribution in [0.5, 0.6) is 5.88 Å². The molecule has 0 unspecified atom stereocenters. The molecule has 112 valence electrons. The Morgan fingerprint density at radius 2 is 2.18 bits per heavy atom. The molecular weight excluding hydrogens is 322 g/mol. The molecule has 8 heteroatoms. The molecule has 0 amide bonds. The molecule has 1 aromatic carbocycles. The lowest BCUT2D eigenvalue weighted by Gasteiger charge is -2.00. The summed E-state index contributed by atoms with van der Waals surface area (Å²) >= 11 is 6.02. The summed E-state index contributed by atoms with van der Waals surface area (Å²) in [6.45, 7) is 2.06. The van der Waals surface area contributed by atoms with Crippen molar-refractivity contribution in [3.8, 4) is 5.88 Å². The number of nitrogens with one attached hydrogen (secondary N) is 1. The first-order valence-electron chi connectivity index (χ1n) is 6.51. The second kappa shape index (κ2) is 5.82. The zero-order valence-corrected chi connectivity index (χ0v) is 13.2. The summed E-state index contributed by atoms with van der Waals surface area (Å²) in [7, 11) is 0. The molecule has 6 nitrogen and oxygen atoms in total. The van der Waals surface area contributed by atoms with Crippen molar-refractivity contribution >= 4 is 41.3 Å². The first-order valence-corrected chi connectivity index (χ1v) is 7.74. The van der Waals surface area contributed by atoms with E-state index in [1.54, 1.807) is 0 Å². The molecule has 0 saturated heterocycles. The van der Waals surface area contributed by atoms with Crippen molar-refractivity contribution in [3.63, 3.8) is 0 Å². The van der Waals surface area contributed by atoms with E-state index in [4.69, 9.17) is 17.1 Å². The van der Waals surface area contributed by atoms with Crippen LogP contribution >= 0.6 is 23.6 Å². The van der Waals surface area contributed by atoms with E-state index in [9.17, 15) is 9.90 Å². The molecule has 22 heavy (non-hydrogen) atoms. The number of carbonyl (C=O) groups excluding carboxylic acids is 1. The molecule has 2 aromatic rings. The number of aromatic nitrogens is 1. The lowest BCUT2D eigenvalue weighted by atomic mass is 10.1. The largest absolute Gasteiger partial charge is 0.859 e. The van der Waals surface area contributed by atoms with E-state index in [2.05, 4.69) is 17.2 Å².